The van der Waals surface area contributed by atoms with Crippen LogP contribution in [0.3, 0.4) is 0 Å². The average Bonchev–Trinajstić information content (AvgIpc) is 2.48. The summed E-state index contributed by atoms with van der Waals surface area (Å²) >= 11 is 11.9. The van der Waals surface area contributed by atoms with E-state index in [4.69, 9.17) is 32.7 Å². The number of rotatable bonds is 4. The third-order valence-corrected chi connectivity index (χ3v) is 3.57. The molecule has 0 heterocycles. The van der Waals surface area contributed by atoms with Crippen molar-refractivity contribution >= 4 is 35.4 Å². The minimum atomic E-state index is 0.534. The molecule has 0 aliphatic carbocycles. The van der Waals surface area contributed by atoms with Crippen molar-refractivity contribution in [2.75, 3.05) is 14.2 Å². The highest BCUT2D eigenvalue weighted by Gasteiger charge is 2.02. The van der Waals surface area contributed by atoms with Gasteiger partial charge in [-0.25, -0.2) is 0 Å². The fourth-order valence-corrected chi connectivity index (χ4v) is 2.08. The van der Waals surface area contributed by atoms with Gasteiger partial charge in [0.15, 0.2) is 0 Å². The van der Waals surface area contributed by atoms with Gasteiger partial charge in [-0.15, -0.1) is 0 Å². The van der Waals surface area contributed by atoms with Crippen molar-refractivity contribution < 1.29 is 9.47 Å². The van der Waals surface area contributed by atoms with E-state index in [2.05, 4.69) is 0 Å². The van der Waals surface area contributed by atoms with Crippen molar-refractivity contribution in [1.82, 2.24) is 0 Å². The Bertz CT molecular complexity index is 636. The first-order chi connectivity index (χ1) is 9.63. The maximum absolute atomic E-state index is 5.99. The van der Waals surface area contributed by atoms with Crippen LogP contribution >= 0.6 is 23.2 Å². The smallest absolute Gasteiger partial charge is 0.126 e. The second-order valence-electron chi connectivity index (χ2n) is 4.11. The minimum Gasteiger partial charge on any atom is -0.497 e. The molecule has 0 aromatic heterocycles. The first-order valence-electron chi connectivity index (χ1n) is 5.99. The molecule has 2 nitrogen and oxygen atoms in total. The highest BCUT2D eigenvalue weighted by atomic mass is 35.5. The first-order valence-corrected chi connectivity index (χ1v) is 6.75. The molecule has 2 aromatic carbocycles. The molecule has 0 N–H and O–H groups in total. The number of methoxy groups -OCH3 is 2. The Balaban J connectivity index is 2.32. The summed E-state index contributed by atoms with van der Waals surface area (Å²) in [7, 11) is 3.27. The van der Waals surface area contributed by atoms with Crippen LogP contribution in [0.4, 0.5) is 0 Å². The second kappa shape index (κ2) is 6.69. The van der Waals surface area contributed by atoms with Crippen LogP contribution in [-0.4, -0.2) is 14.2 Å². The lowest BCUT2D eigenvalue weighted by molar-refractivity contribution is 0.402. The predicted molar refractivity (Wildman–Crippen MR) is 84.9 cm³/mol. The predicted octanol–water partition coefficient (Wildman–Crippen LogP) is 5.18. The molecule has 0 aliphatic heterocycles. The van der Waals surface area contributed by atoms with Gasteiger partial charge in [0.05, 0.1) is 24.3 Å². The average molecular weight is 309 g/mol. The van der Waals surface area contributed by atoms with Gasteiger partial charge in [0.1, 0.15) is 11.5 Å². The summed E-state index contributed by atoms with van der Waals surface area (Å²) < 4.78 is 10.5. The van der Waals surface area contributed by atoms with E-state index in [1.165, 1.54) is 0 Å². The second-order valence-corrected chi connectivity index (χ2v) is 4.93. The normalized spacial score (nSPS) is 10.8. The lowest BCUT2D eigenvalue weighted by Crippen LogP contribution is -1.89. The van der Waals surface area contributed by atoms with E-state index in [-0.39, 0.29) is 0 Å². The lowest BCUT2D eigenvalue weighted by Gasteiger charge is -2.07. The maximum Gasteiger partial charge on any atom is 0.126 e. The van der Waals surface area contributed by atoms with Crippen LogP contribution in [0.2, 0.25) is 10.0 Å². The molecular formula is C16H14Cl2O2. The molecule has 4 heteroatoms. The molecule has 0 saturated carbocycles. The van der Waals surface area contributed by atoms with Crippen molar-refractivity contribution in [3.05, 3.63) is 57.6 Å². The van der Waals surface area contributed by atoms with Gasteiger partial charge in [-0.2, -0.15) is 0 Å². The monoisotopic (exact) mass is 308 g/mol. The van der Waals surface area contributed by atoms with E-state index in [0.29, 0.717) is 10.0 Å². The Kier molecular flexibility index (Phi) is 4.94. The first kappa shape index (κ1) is 14.8. The van der Waals surface area contributed by atoms with Crippen molar-refractivity contribution in [2.45, 2.75) is 0 Å². The minimum absolute atomic E-state index is 0.534. The molecular weight excluding hydrogens is 295 g/mol. The summed E-state index contributed by atoms with van der Waals surface area (Å²) in [6, 6.07) is 11.1. The molecule has 0 saturated heterocycles. The molecule has 2 rings (SSSR count). The summed E-state index contributed by atoms with van der Waals surface area (Å²) in [5.41, 5.74) is 1.89. The van der Waals surface area contributed by atoms with Crippen LogP contribution in [0.5, 0.6) is 11.5 Å². The zero-order valence-electron chi connectivity index (χ0n) is 11.2. The number of ether oxygens (including phenoxy) is 2. The Morgan fingerprint density at radius 1 is 0.850 bits per heavy atom. The molecule has 0 radical (unpaired) electrons. The zero-order valence-corrected chi connectivity index (χ0v) is 12.7. The van der Waals surface area contributed by atoms with E-state index in [0.717, 1.165) is 22.6 Å². The fourth-order valence-electron chi connectivity index (χ4n) is 1.77. The third-order valence-electron chi connectivity index (χ3n) is 2.84. The summed E-state index contributed by atoms with van der Waals surface area (Å²) in [5, 5.41) is 1.08. The number of hydrogen-bond donors (Lipinski definition) is 0. The van der Waals surface area contributed by atoms with Gasteiger partial charge in [-0.05, 0) is 35.9 Å². The molecule has 0 amide bonds. The molecule has 2 aromatic rings. The third kappa shape index (κ3) is 3.47. The van der Waals surface area contributed by atoms with Crippen LogP contribution in [0.15, 0.2) is 36.4 Å². The number of halogens is 2. The SMILES string of the molecule is COc1ccc(OC)c(/C=C/c2ccc(Cl)c(Cl)c2)c1. The van der Waals surface area contributed by atoms with Crippen molar-refractivity contribution in [3.8, 4) is 11.5 Å². The standard InChI is InChI=1S/C16H14Cl2O2/c1-19-13-6-8-16(20-2)12(10-13)5-3-11-4-7-14(17)15(18)9-11/h3-10H,1-2H3/b5-3+. The van der Waals surface area contributed by atoms with E-state index in [1.807, 2.05) is 42.5 Å². The van der Waals surface area contributed by atoms with Crippen LogP contribution in [0, 0.1) is 0 Å². The zero-order chi connectivity index (χ0) is 14.5. The van der Waals surface area contributed by atoms with Gasteiger partial charge in [0, 0.05) is 5.56 Å². The van der Waals surface area contributed by atoms with Crippen LogP contribution < -0.4 is 9.47 Å². The molecule has 0 fully saturated rings. The Hall–Kier alpha value is -1.64. The van der Waals surface area contributed by atoms with Gasteiger partial charge >= 0.3 is 0 Å². The van der Waals surface area contributed by atoms with Gasteiger partial charge in [-0.1, -0.05) is 41.4 Å². The Morgan fingerprint density at radius 3 is 2.30 bits per heavy atom. The van der Waals surface area contributed by atoms with Crippen molar-refractivity contribution in [2.24, 2.45) is 0 Å². The molecule has 104 valence electrons. The molecule has 0 atom stereocenters. The quantitative estimate of drug-likeness (QED) is 0.724. The van der Waals surface area contributed by atoms with E-state index in [9.17, 15) is 0 Å². The van der Waals surface area contributed by atoms with Gasteiger partial charge in [0.25, 0.3) is 0 Å². The highest BCUT2D eigenvalue weighted by Crippen LogP contribution is 2.27. The van der Waals surface area contributed by atoms with E-state index < -0.39 is 0 Å². The van der Waals surface area contributed by atoms with Gasteiger partial charge in [-0.3, -0.25) is 0 Å². The lowest BCUT2D eigenvalue weighted by atomic mass is 10.1. The Morgan fingerprint density at radius 2 is 1.65 bits per heavy atom. The molecule has 0 aliphatic rings. The number of hydrogen-bond acceptors (Lipinski definition) is 2. The topological polar surface area (TPSA) is 18.5 Å². The number of benzene rings is 2. The molecule has 0 spiro atoms. The molecule has 20 heavy (non-hydrogen) atoms. The van der Waals surface area contributed by atoms with Crippen LogP contribution in [0.25, 0.3) is 12.2 Å². The van der Waals surface area contributed by atoms with Crippen LogP contribution in [0.1, 0.15) is 11.1 Å². The van der Waals surface area contributed by atoms with E-state index >= 15 is 0 Å². The van der Waals surface area contributed by atoms with Gasteiger partial charge in [0.2, 0.25) is 0 Å². The summed E-state index contributed by atoms with van der Waals surface area (Å²) in [4.78, 5) is 0. The van der Waals surface area contributed by atoms with Crippen LogP contribution in [-0.2, 0) is 0 Å². The van der Waals surface area contributed by atoms with Gasteiger partial charge < -0.3 is 9.47 Å². The summed E-state index contributed by atoms with van der Waals surface area (Å²) in [6.45, 7) is 0. The van der Waals surface area contributed by atoms with Crippen molar-refractivity contribution in [1.29, 1.82) is 0 Å². The largest absolute Gasteiger partial charge is 0.497 e. The summed E-state index contributed by atoms with van der Waals surface area (Å²) in [5.74, 6) is 1.56. The maximum atomic E-state index is 5.99. The summed E-state index contributed by atoms with van der Waals surface area (Å²) in [6.07, 6.45) is 3.89. The highest BCUT2D eigenvalue weighted by molar-refractivity contribution is 6.42. The fraction of sp³-hybridized carbons (Fsp3) is 0.125. The molecule has 0 unspecified atom stereocenters. The molecule has 0 bridgehead atoms. The van der Waals surface area contributed by atoms with E-state index in [1.54, 1.807) is 20.3 Å². The Labute approximate surface area is 128 Å². The van der Waals surface area contributed by atoms with Crippen molar-refractivity contribution in [3.63, 3.8) is 0 Å².